The summed E-state index contributed by atoms with van der Waals surface area (Å²) in [5.74, 6) is -0.139. The Morgan fingerprint density at radius 1 is 0.815 bits per heavy atom. The van der Waals surface area contributed by atoms with Crippen molar-refractivity contribution in [2.75, 3.05) is 0 Å². The topological polar surface area (TPSA) is 63.1 Å². The molecule has 4 nitrogen and oxygen atoms in total. The largest absolute Gasteiger partial charge is 0.507 e. The second-order valence-corrected chi connectivity index (χ2v) is 5.72. The van der Waals surface area contributed by atoms with E-state index in [2.05, 4.69) is 34.2 Å². The molecule has 0 atom stereocenters. The van der Waals surface area contributed by atoms with Gasteiger partial charge in [-0.25, -0.2) is 0 Å². The predicted molar refractivity (Wildman–Crippen MR) is 105 cm³/mol. The van der Waals surface area contributed by atoms with Crippen molar-refractivity contribution in [3.05, 3.63) is 90.8 Å². The fourth-order valence-electron chi connectivity index (χ4n) is 2.56. The molecule has 135 valence electrons. The molecule has 0 saturated carbocycles. The van der Waals surface area contributed by atoms with Crippen LogP contribution in [0.2, 0.25) is 0 Å². The second-order valence-electron chi connectivity index (χ2n) is 5.72. The van der Waals surface area contributed by atoms with E-state index < -0.39 is 0 Å². The molecule has 0 aliphatic rings. The van der Waals surface area contributed by atoms with Crippen molar-refractivity contribution in [3.63, 3.8) is 0 Å². The first-order valence-corrected chi connectivity index (χ1v) is 8.20. The van der Waals surface area contributed by atoms with Gasteiger partial charge < -0.3 is 5.11 Å². The molecule has 5 heteroatoms. The zero-order valence-corrected chi connectivity index (χ0v) is 17.1. The fraction of sp³-hybridized carbons (Fsp3) is 0.0455. The van der Waals surface area contributed by atoms with Crippen LogP contribution in [0.15, 0.2) is 85.2 Å². The van der Waals surface area contributed by atoms with Crippen molar-refractivity contribution in [2.24, 2.45) is 0 Å². The number of aliphatic hydroxyl groups is 1. The van der Waals surface area contributed by atoms with E-state index >= 15 is 0 Å². The monoisotopic (exact) mass is 495 g/mol. The smallest absolute Gasteiger partial charge is 0.156 e. The number of allylic oxidation sites excluding steroid dienone is 1. The van der Waals surface area contributed by atoms with Crippen molar-refractivity contribution in [2.45, 2.75) is 6.92 Å². The average Bonchev–Trinajstić information content (AvgIpc) is 2.68. The van der Waals surface area contributed by atoms with Gasteiger partial charge in [0.15, 0.2) is 5.78 Å². The molecule has 0 fully saturated rings. The van der Waals surface area contributed by atoms with Crippen LogP contribution >= 0.6 is 0 Å². The van der Waals surface area contributed by atoms with Gasteiger partial charge >= 0.3 is 0 Å². The summed E-state index contributed by atoms with van der Waals surface area (Å²) >= 11 is 0. The molecule has 4 rings (SSSR count). The molecule has 2 aromatic heterocycles. The van der Waals surface area contributed by atoms with Gasteiger partial charge in [-0.1, -0.05) is 54.6 Å². The fourth-order valence-corrected chi connectivity index (χ4v) is 2.56. The molecule has 0 bridgehead atoms. The summed E-state index contributed by atoms with van der Waals surface area (Å²) in [4.78, 5) is 19.3. The van der Waals surface area contributed by atoms with Gasteiger partial charge in [-0.05, 0) is 19.1 Å². The molecule has 2 heterocycles. The summed E-state index contributed by atoms with van der Waals surface area (Å²) in [7, 11) is 0. The number of carbonyl (C=O) groups is 1. The van der Waals surface area contributed by atoms with E-state index in [1.807, 2.05) is 18.2 Å². The Hall–Kier alpha value is -1.95. The van der Waals surface area contributed by atoms with Crippen LogP contribution in [0.25, 0.3) is 27.6 Å². The molecule has 0 aliphatic carbocycles. The molecule has 1 radical (unpaired) electrons. The van der Waals surface area contributed by atoms with Gasteiger partial charge in [0.05, 0.1) is 11.0 Å². The van der Waals surface area contributed by atoms with Gasteiger partial charge in [0.2, 0.25) is 0 Å². The maximum Gasteiger partial charge on any atom is 0.156 e. The van der Waals surface area contributed by atoms with Crippen LogP contribution in [0.4, 0.5) is 0 Å². The molecular formula is C22H18EuN2O2. The number of aliphatic hydroxyl groups excluding tert-OH is 1. The molecule has 0 unspecified atom stereocenters. The zero-order chi connectivity index (χ0) is 18.4. The maximum atomic E-state index is 10.6. The number of benzene rings is 2. The van der Waals surface area contributed by atoms with Gasteiger partial charge in [-0.3, -0.25) is 14.8 Å². The molecule has 4 aromatic rings. The molecule has 0 spiro atoms. The predicted octanol–water partition coefficient (Wildman–Crippen LogP) is 4.96. The number of hydrogen-bond acceptors (Lipinski definition) is 4. The number of rotatable bonds is 2. The van der Waals surface area contributed by atoms with Crippen molar-refractivity contribution in [1.29, 1.82) is 0 Å². The minimum absolute atomic E-state index is 0. The van der Waals surface area contributed by atoms with Crippen LogP contribution in [0.3, 0.4) is 0 Å². The molecule has 2 aromatic carbocycles. The summed E-state index contributed by atoms with van der Waals surface area (Å²) in [6.07, 6.45) is 4.81. The molecule has 0 aliphatic heterocycles. The SMILES string of the molecule is CC(=O)/C=C(\O)c1ccccc1.[Eu].c1cnc2c(c1)ccc1cccnc12. The number of aromatic nitrogens is 2. The van der Waals surface area contributed by atoms with Crippen LogP contribution in [-0.4, -0.2) is 20.9 Å². The Morgan fingerprint density at radius 3 is 1.81 bits per heavy atom. The first-order valence-electron chi connectivity index (χ1n) is 8.20. The summed E-state index contributed by atoms with van der Waals surface area (Å²) in [6.45, 7) is 1.40. The van der Waals surface area contributed by atoms with Gasteiger partial charge in [-0.2, -0.15) is 0 Å². The van der Waals surface area contributed by atoms with E-state index in [1.165, 1.54) is 13.0 Å². The van der Waals surface area contributed by atoms with Crippen LogP contribution < -0.4 is 0 Å². The Balaban J connectivity index is 0.000000190. The van der Waals surface area contributed by atoms with Crippen molar-refractivity contribution in [3.8, 4) is 0 Å². The normalized spacial score (nSPS) is 10.6. The zero-order valence-electron chi connectivity index (χ0n) is 14.7. The summed E-state index contributed by atoms with van der Waals surface area (Å²) in [5.41, 5.74) is 2.61. The standard InChI is InChI=1S/C12H8N2.C10H10O2.Eu/c1-3-9-5-6-10-4-2-8-14-12(10)11(9)13-7-1;1-8(11)7-10(12)9-5-3-2-4-6-9;/h1-8H;2-7,12H,1H3;/b;10-7-;. The average molecular weight is 494 g/mol. The summed E-state index contributed by atoms with van der Waals surface area (Å²) in [6, 6.07) is 21.1. The van der Waals surface area contributed by atoms with Crippen LogP contribution in [0.1, 0.15) is 12.5 Å². The van der Waals surface area contributed by atoms with Crippen LogP contribution in [-0.2, 0) is 4.79 Å². The molecular weight excluding hydrogens is 476 g/mol. The van der Waals surface area contributed by atoms with Gasteiger partial charge in [0.25, 0.3) is 0 Å². The van der Waals surface area contributed by atoms with Crippen molar-refractivity contribution >= 4 is 33.3 Å². The Labute approximate surface area is 198 Å². The minimum Gasteiger partial charge on any atom is -0.507 e. The quantitative estimate of drug-likeness (QED) is 0.243. The first-order chi connectivity index (χ1) is 12.6. The third-order valence-corrected chi connectivity index (χ3v) is 3.75. The van der Waals surface area contributed by atoms with E-state index in [0.717, 1.165) is 21.8 Å². The van der Waals surface area contributed by atoms with Crippen molar-refractivity contribution in [1.82, 2.24) is 9.97 Å². The first kappa shape index (κ1) is 21.4. The molecule has 1 N–H and O–H groups in total. The number of fused-ring (bicyclic) bond motifs is 3. The summed E-state index contributed by atoms with van der Waals surface area (Å²) < 4.78 is 0. The summed E-state index contributed by atoms with van der Waals surface area (Å²) in [5, 5.41) is 11.6. The number of hydrogen-bond donors (Lipinski definition) is 1. The molecule has 0 amide bonds. The van der Waals surface area contributed by atoms with Crippen LogP contribution in [0.5, 0.6) is 0 Å². The molecule has 0 saturated heterocycles. The van der Waals surface area contributed by atoms with Gasteiger partial charge in [0.1, 0.15) is 5.76 Å². The second kappa shape index (κ2) is 10.4. The van der Waals surface area contributed by atoms with E-state index in [9.17, 15) is 9.90 Å². The number of ketones is 1. The van der Waals surface area contributed by atoms with Gasteiger partial charge in [0, 0.05) is 84.2 Å². The molecule has 27 heavy (non-hydrogen) atoms. The Morgan fingerprint density at radius 2 is 1.33 bits per heavy atom. The van der Waals surface area contributed by atoms with Gasteiger partial charge in [-0.15, -0.1) is 0 Å². The third-order valence-electron chi connectivity index (χ3n) is 3.75. The Bertz CT molecular complexity index is 1020. The Kier molecular flexibility index (Phi) is 8.23. The van der Waals surface area contributed by atoms with E-state index in [-0.39, 0.29) is 60.9 Å². The third kappa shape index (κ3) is 5.76. The minimum atomic E-state index is -0.156. The van der Waals surface area contributed by atoms with E-state index in [1.54, 1.807) is 36.7 Å². The van der Waals surface area contributed by atoms with E-state index in [4.69, 9.17) is 0 Å². The van der Waals surface area contributed by atoms with Crippen LogP contribution in [0, 0.1) is 49.4 Å². The maximum absolute atomic E-state index is 10.6. The number of nitrogens with zero attached hydrogens (tertiary/aromatic N) is 2. The number of pyridine rings is 2. The number of carbonyl (C=O) groups excluding carboxylic acids is 1. The van der Waals surface area contributed by atoms with Crippen molar-refractivity contribution < 1.29 is 59.3 Å². The van der Waals surface area contributed by atoms with E-state index in [0.29, 0.717) is 5.56 Å².